The SMILES string of the molecule is CCB1N(C(C)C(C)C)BN(C(C)C(C)C)BN1C(C)C(C)C. The largest absolute Gasteiger partial charge is 0.361 e. The van der Waals surface area contributed by atoms with Gasteiger partial charge in [0.15, 0.2) is 0 Å². The summed E-state index contributed by atoms with van der Waals surface area (Å²) >= 11 is 0. The van der Waals surface area contributed by atoms with E-state index in [9.17, 15) is 0 Å². The van der Waals surface area contributed by atoms with E-state index in [4.69, 9.17) is 0 Å². The Balaban J connectivity index is 3.11. The third kappa shape index (κ3) is 5.03. The van der Waals surface area contributed by atoms with Crippen molar-refractivity contribution in [2.75, 3.05) is 0 Å². The molecule has 0 aliphatic carbocycles. The minimum absolute atomic E-state index is 0.570. The van der Waals surface area contributed by atoms with E-state index in [1.807, 2.05) is 0 Å². The fraction of sp³-hybridized carbons (Fsp3) is 1.00. The molecule has 1 heterocycles. The molecule has 0 saturated carbocycles. The molecular formula is C17H40B3N3. The first-order chi connectivity index (χ1) is 10.6. The summed E-state index contributed by atoms with van der Waals surface area (Å²) < 4.78 is 8.20. The van der Waals surface area contributed by atoms with Crippen LogP contribution < -0.4 is 0 Å². The predicted molar refractivity (Wildman–Crippen MR) is 109 cm³/mol. The van der Waals surface area contributed by atoms with E-state index < -0.39 is 0 Å². The summed E-state index contributed by atoms with van der Waals surface area (Å²) in [5, 5.41) is 0. The van der Waals surface area contributed by atoms with Crippen LogP contribution in [0.15, 0.2) is 0 Å². The van der Waals surface area contributed by atoms with Crippen molar-refractivity contribution in [2.45, 2.75) is 93.7 Å². The maximum Gasteiger partial charge on any atom is 0.289 e. The quantitative estimate of drug-likeness (QED) is 0.668. The highest BCUT2D eigenvalue weighted by atomic mass is 15.3. The fourth-order valence-corrected chi connectivity index (χ4v) is 3.56. The minimum Gasteiger partial charge on any atom is -0.361 e. The molecule has 3 nitrogen and oxygen atoms in total. The molecule has 1 aliphatic rings. The average Bonchev–Trinajstić information content (AvgIpc) is 2.50. The van der Waals surface area contributed by atoms with Crippen LogP contribution in [0.1, 0.15) is 69.2 Å². The lowest BCUT2D eigenvalue weighted by atomic mass is 9.53. The van der Waals surface area contributed by atoms with Gasteiger partial charge in [-0.1, -0.05) is 69.2 Å². The van der Waals surface area contributed by atoms with Crippen LogP contribution in [0.25, 0.3) is 0 Å². The average molecular weight is 319 g/mol. The summed E-state index contributed by atoms with van der Waals surface area (Å²) in [4.78, 5) is 0. The topological polar surface area (TPSA) is 9.72 Å². The van der Waals surface area contributed by atoms with Crippen molar-refractivity contribution in [3.63, 3.8) is 0 Å². The Morgan fingerprint density at radius 3 is 1.26 bits per heavy atom. The Labute approximate surface area is 148 Å². The van der Waals surface area contributed by atoms with E-state index in [0.717, 1.165) is 15.1 Å². The van der Waals surface area contributed by atoms with Crippen LogP contribution in [-0.4, -0.2) is 54.4 Å². The third-order valence-corrected chi connectivity index (χ3v) is 6.34. The summed E-state index contributed by atoms with van der Waals surface area (Å²) in [6.45, 7) is 24.3. The lowest BCUT2D eigenvalue weighted by molar-refractivity contribution is 0.270. The molecule has 132 valence electrons. The van der Waals surface area contributed by atoms with E-state index in [-0.39, 0.29) is 0 Å². The van der Waals surface area contributed by atoms with Crippen LogP contribution in [0.3, 0.4) is 0 Å². The third-order valence-electron chi connectivity index (χ3n) is 6.34. The van der Waals surface area contributed by atoms with E-state index in [1.165, 1.54) is 6.32 Å². The second-order valence-electron chi connectivity index (χ2n) is 8.74. The highest BCUT2D eigenvalue weighted by molar-refractivity contribution is 6.74. The van der Waals surface area contributed by atoms with Crippen LogP contribution in [0.2, 0.25) is 6.32 Å². The van der Waals surface area contributed by atoms with Crippen molar-refractivity contribution in [3.8, 4) is 0 Å². The maximum absolute atomic E-state index is 2.76. The predicted octanol–water partition coefficient (Wildman–Crippen LogP) is 3.08. The molecule has 0 aromatic rings. The molecule has 0 N–H and O–H groups in total. The number of rotatable bonds is 7. The van der Waals surface area contributed by atoms with E-state index in [0.29, 0.717) is 42.9 Å². The molecule has 1 rings (SSSR count). The van der Waals surface area contributed by atoms with Crippen molar-refractivity contribution in [1.29, 1.82) is 0 Å². The highest BCUT2D eigenvalue weighted by Gasteiger charge is 2.43. The van der Waals surface area contributed by atoms with E-state index in [1.54, 1.807) is 0 Å². The van der Waals surface area contributed by atoms with Gasteiger partial charge in [-0.05, 0) is 42.2 Å². The molecule has 23 heavy (non-hydrogen) atoms. The Morgan fingerprint density at radius 1 is 0.652 bits per heavy atom. The van der Waals surface area contributed by atoms with Crippen molar-refractivity contribution in [3.05, 3.63) is 0 Å². The van der Waals surface area contributed by atoms with Gasteiger partial charge in [-0.3, -0.25) is 0 Å². The lowest BCUT2D eigenvalue weighted by Gasteiger charge is -2.53. The van der Waals surface area contributed by atoms with E-state index >= 15 is 0 Å². The first-order valence-corrected chi connectivity index (χ1v) is 9.87. The van der Waals surface area contributed by atoms with Gasteiger partial charge in [0.05, 0.1) is 0 Å². The first-order valence-electron chi connectivity index (χ1n) is 9.87. The second kappa shape index (κ2) is 8.96. The summed E-state index contributed by atoms with van der Waals surface area (Å²) in [5.41, 5.74) is 0. The molecule has 3 atom stereocenters. The lowest BCUT2D eigenvalue weighted by Crippen LogP contribution is -2.73. The Bertz CT molecular complexity index is 328. The molecule has 0 radical (unpaired) electrons. The molecule has 3 unspecified atom stereocenters. The summed E-state index contributed by atoms with van der Waals surface area (Å²) in [6, 6.07) is 1.85. The Morgan fingerprint density at radius 2 is 1.00 bits per heavy atom. The highest BCUT2D eigenvalue weighted by Crippen LogP contribution is 2.25. The molecule has 0 aromatic carbocycles. The van der Waals surface area contributed by atoms with Gasteiger partial charge >= 0.3 is 0 Å². The van der Waals surface area contributed by atoms with Gasteiger partial charge in [-0.15, -0.1) is 0 Å². The van der Waals surface area contributed by atoms with Gasteiger partial charge in [0, 0.05) is 0 Å². The fourth-order valence-electron chi connectivity index (χ4n) is 3.56. The molecular weight excluding hydrogens is 279 g/mol. The monoisotopic (exact) mass is 319 g/mol. The van der Waals surface area contributed by atoms with Crippen LogP contribution in [-0.2, 0) is 0 Å². The normalized spacial score (nSPS) is 22.4. The molecule has 0 bridgehead atoms. The van der Waals surface area contributed by atoms with Gasteiger partial charge in [0.25, 0.3) is 22.1 Å². The van der Waals surface area contributed by atoms with Gasteiger partial charge in [0.2, 0.25) is 0 Å². The van der Waals surface area contributed by atoms with Crippen molar-refractivity contribution in [2.24, 2.45) is 17.8 Å². The van der Waals surface area contributed by atoms with Crippen molar-refractivity contribution in [1.82, 2.24) is 14.2 Å². The number of hydrogen-bond acceptors (Lipinski definition) is 3. The second-order valence-corrected chi connectivity index (χ2v) is 8.74. The Hall–Kier alpha value is 0.0748. The standard InChI is InChI=1S/C17H40B3N3/c1-11-20-22(16(9)13(4)5)18-21(15(8)12(2)3)19-23(20)17(10)14(6)7/h12-19H,11H2,1-10H3. The van der Waals surface area contributed by atoms with Crippen molar-refractivity contribution < 1.29 is 0 Å². The van der Waals surface area contributed by atoms with Gasteiger partial charge < -0.3 is 14.2 Å². The summed E-state index contributed by atoms with van der Waals surface area (Å²) in [6.07, 6.45) is 1.21. The molecule has 6 heteroatoms. The smallest absolute Gasteiger partial charge is 0.289 e. The maximum atomic E-state index is 2.76. The molecule has 1 saturated heterocycles. The van der Waals surface area contributed by atoms with Crippen LogP contribution >= 0.6 is 0 Å². The Kier molecular flexibility index (Phi) is 8.23. The summed E-state index contributed by atoms with van der Waals surface area (Å²) in [7, 11) is 2.22. The minimum atomic E-state index is 0.570. The molecule has 1 aliphatic heterocycles. The van der Waals surface area contributed by atoms with Crippen LogP contribution in [0.4, 0.5) is 0 Å². The molecule has 0 spiro atoms. The van der Waals surface area contributed by atoms with Crippen LogP contribution in [0.5, 0.6) is 0 Å². The number of hydrogen-bond donors (Lipinski definition) is 0. The van der Waals surface area contributed by atoms with Gasteiger partial charge in [-0.25, -0.2) is 0 Å². The number of nitrogens with zero attached hydrogens (tertiary/aromatic N) is 3. The molecule has 1 fully saturated rings. The molecule has 0 aromatic heterocycles. The molecule has 0 amide bonds. The zero-order chi connectivity index (χ0) is 17.9. The van der Waals surface area contributed by atoms with E-state index in [2.05, 4.69) is 83.4 Å². The van der Waals surface area contributed by atoms with Crippen molar-refractivity contribution >= 4 is 22.1 Å². The van der Waals surface area contributed by atoms with Gasteiger partial charge in [0.1, 0.15) is 0 Å². The van der Waals surface area contributed by atoms with Crippen LogP contribution in [0, 0.1) is 17.8 Å². The first kappa shape index (κ1) is 21.1. The summed E-state index contributed by atoms with van der Waals surface area (Å²) in [5.74, 6) is 2.07. The zero-order valence-electron chi connectivity index (χ0n) is 17.5. The zero-order valence-corrected chi connectivity index (χ0v) is 17.5. The van der Waals surface area contributed by atoms with Gasteiger partial charge in [-0.2, -0.15) is 0 Å².